The molecule has 0 bridgehead atoms. The molecule has 0 spiro atoms. The number of aromatic nitrogens is 1. The van der Waals surface area contributed by atoms with Crippen LogP contribution in [0.1, 0.15) is 54.6 Å². The van der Waals surface area contributed by atoms with Gasteiger partial charge in [0.05, 0.1) is 12.2 Å². The van der Waals surface area contributed by atoms with Crippen LogP contribution >= 0.6 is 11.3 Å². The lowest BCUT2D eigenvalue weighted by Crippen LogP contribution is -2.43. The van der Waals surface area contributed by atoms with E-state index in [0.29, 0.717) is 12.0 Å². The number of aliphatic imine (C=N–C) groups is 1. The third-order valence-electron chi connectivity index (χ3n) is 4.92. The number of nitrogens with zero attached hydrogens (tertiary/aromatic N) is 2. The highest BCUT2D eigenvalue weighted by Gasteiger charge is 2.33. The van der Waals surface area contributed by atoms with Gasteiger partial charge in [-0.05, 0) is 45.4 Å². The average molecular weight is 353 g/mol. The van der Waals surface area contributed by atoms with E-state index in [2.05, 4.69) is 36.4 Å². The number of methoxy groups -OCH3 is 1. The molecule has 0 atom stereocenters. The van der Waals surface area contributed by atoms with E-state index >= 15 is 0 Å². The molecule has 1 aliphatic carbocycles. The van der Waals surface area contributed by atoms with Crippen LogP contribution in [0.5, 0.6) is 0 Å². The van der Waals surface area contributed by atoms with Gasteiger partial charge in [0.25, 0.3) is 0 Å². The smallest absolute Gasteiger partial charge is 0.191 e. The third-order valence-corrected chi connectivity index (χ3v) is 5.98. The van der Waals surface area contributed by atoms with Crippen LogP contribution in [-0.2, 0) is 11.3 Å². The van der Waals surface area contributed by atoms with Gasteiger partial charge in [-0.3, -0.25) is 0 Å². The molecule has 1 heterocycles. The summed E-state index contributed by atoms with van der Waals surface area (Å²) in [6.45, 7) is 9.59. The van der Waals surface area contributed by atoms with E-state index in [1.165, 1.54) is 30.6 Å². The lowest BCUT2D eigenvalue weighted by molar-refractivity contribution is 0.138. The first-order valence-corrected chi connectivity index (χ1v) is 9.84. The molecule has 0 unspecified atom stereocenters. The summed E-state index contributed by atoms with van der Waals surface area (Å²) >= 11 is 1.74. The van der Waals surface area contributed by atoms with Crippen molar-refractivity contribution in [2.45, 2.75) is 59.4 Å². The monoisotopic (exact) mass is 352 g/mol. The molecule has 1 fully saturated rings. The van der Waals surface area contributed by atoms with Crippen molar-refractivity contribution in [3.05, 3.63) is 15.6 Å². The van der Waals surface area contributed by atoms with Crippen LogP contribution in [0.15, 0.2) is 4.99 Å². The summed E-state index contributed by atoms with van der Waals surface area (Å²) in [4.78, 5) is 10.6. The Balaban J connectivity index is 1.95. The zero-order valence-corrected chi connectivity index (χ0v) is 16.4. The van der Waals surface area contributed by atoms with E-state index in [9.17, 15) is 0 Å². The summed E-state index contributed by atoms with van der Waals surface area (Å²) in [7, 11) is 1.79. The van der Waals surface area contributed by atoms with Crippen LogP contribution in [0.25, 0.3) is 0 Å². The lowest BCUT2D eigenvalue weighted by Gasteiger charge is -2.29. The van der Waals surface area contributed by atoms with E-state index in [1.54, 1.807) is 18.4 Å². The van der Waals surface area contributed by atoms with Gasteiger partial charge in [0.2, 0.25) is 0 Å². The molecule has 1 saturated carbocycles. The second-order valence-corrected chi connectivity index (χ2v) is 8.04. The standard InChI is InChI=1S/C18H32N4OS/c1-5-19-17(20-12-16-22-14(2)15(3)24-16)21-13-18(10-11-23-4)8-6-7-9-18/h5-13H2,1-4H3,(H2,19,20,21). The van der Waals surface area contributed by atoms with Gasteiger partial charge in [-0.2, -0.15) is 0 Å². The number of thiazole rings is 1. The molecule has 136 valence electrons. The largest absolute Gasteiger partial charge is 0.385 e. The Hall–Kier alpha value is -1.14. The van der Waals surface area contributed by atoms with Gasteiger partial charge in [0, 0.05) is 31.7 Å². The van der Waals surface area contributed by atoms with Crippen LogP contribution in [-0.4, -0.2) is 37.7 Å². The van der Waals surface area contributed by atoms with Gasteiger partial charge in [0.15, 0.2) is 5.96 Å². The summed E-state index contributed by atoms with van der Waals surface area (Å²) < 4.78 is 5.32. The molecule has 2 N–H and O–H groups in total. The molecule has 0 saturated heterocycles. The number of hydrogen-bond acceptors (Lipinski definition) is 4. The minimum atomic E-state index is 0.362. The molecular weight excluding hydrogens is 320 g/mol. The number of aryl methyl sites for hydroxylation is 2. The predicted molar refractivity (Wildman–Crippen MR) is 102 cm³/mol. The average Bonchev–Trinajstić information content (AvgIpc) is 3.16. The fraction of sp³-hybridized carbons (Fsp3) is 0.778. The molecule has 0 amide bonds. The Bertz CT molecular complexity index is 516. The summed E-state index contributed by atoms with van der Waals surface area (Å²) in [6.07, 6.45) is 6.36. The molecule has 0 aromatic carbocycles. The first kappa shape index (κ1) is 19.2. The molecule has 1 aromatic heterocycles. The molecule has 6 heteroatoms. The minimum Gasteiger partial charge on any atom is -0.385 e. The van der Waals surface area contributed by atoms with Crippen molar-refractivity contribution in [3.63, 3.8) is 0 Å². The second kappa shape index (κ2) is 9.37. The fourth-order valence-corrected chi connectivity index (χ4v) is 4.18. The number of nitrogens with one attached hydrogen (secondary N) is 2. The van der Waals surface area contributed by atoms with E-state index < -0.39 is 0 Å². The minimum absolute atomic E-state index is 0.362. The zero-order chi connectivity index (χ0) is 17.4. The van der Waals surface area contributed by atoms with Crippen LogP contribution in [0, 0.1) is 19.3 Å². The maximum absolute atomic E-state index is 5.32. The first-order valence-electron chi connectivity index (χ1n) is 9.02. The predicted octanol–water partition coefficient (Wildman–Crippen LogP) is 3.41. The summed E-state index contributed by atoms with van der Waals surface area (Å²) in [5.41, 5.74) is 1.48. The van der Waals surface area contributed by atoms with Crippen molar-refractivity contribution < 1.29 is 4.74 Å². The summed E-state index contributed by atoms with van der Waals surface area (Å²) in [5, 5.41) is 8.00. The Kier molecular flexibility index (Phi) is 7.49. The van der Waals surface area contributed by atoms with Gasteiger partial charge in [-0.1, -0.05) is 12.8 Å². The van der Waals surface area contributed by atoms with Crippen LogP contribution < -0.4 is 10.6 Å². The molecule has 0 radical (unpaired) electrons. The van der Waals surface area contributed by atoms with Gasteiger partial charge in [0.1, 0.15) is 5.01 Å². The highest BCUT2D eigenvalue weighted by atomic mass is 32.1. The number of ether oxygens (including phenoxy) is 1. The quantitative estimate of drug-likeness (QED) is 0.556. The maximum atomic E-state index is 5.32. The van der Waals surface area contributed by atoms with Gasteiger partial charge in [-0.25, -0.2) is 9.98 Å². The normalized spacial score (nSPS) is 17.2. The first-order chi connectivity index (χ1) is 11.6. The lowest BCUT2D eigenvalue weighted by atomic mass is 9.83. The Morgan fingerprint density at radius 3 is 2.62 bits per heavy atom. The van der Waals surface area contributed by atoms with Crippen molar-refractivity contribution in [2.75, 3.05) is 26.8 Å². The van der Waals surface area contributed by atoms with E-state index in [-0.39, 0.29) is 0 Å². The van der Waals surface area contributed by atoms with E-state index in [0.717, 1.165) is 42.8 Å². The molecule has 1 aliphatic rings. The third kappa shape index (κ3) is 5.45. The summed E-state index contributed by atoms with van der Waals surface area (Å²) in [6, 6.07) is 0. The van der Waals surface area contributed by atoms with Crippen molar-refractivity contribution in [1.82, 2.24) is 15.6 Å². The number of rotatable bonds is 8. The second-order valence-electron chi connectivity index (χ2n) is 6.75. The molecule has 5 nitrogen and oxygen atoms in total. The van der Waals surface area contributed by atoms with Gasteiger partial charge >= 0.3 is 0 Å². The Morgan fingerprint density at radius 1 is 1.29 bits per heavy atom. The fourth-order valence-electron chi connectivity index (χ4n) is 3.33. The zero-order valence-electron chi connectivity index (χ0n) is 15.6. The van der Waals surface area contributed by atoms with Crippen molar-refractivity contribution in [2.24, 2.45) is 10.4 Å². The van der Waals surface area contributed by atoms with Crippen LogP contribution in [0.3, 0.4) is 0 Å². The highest BCUT2D eigenvalue weighted by molar-refractivity contribution is 7.11. The SMILES string of the molecule is CCNC(=NCc1nc(C)c(C)s1)NCC1(CCOC)CCCC1. The van der Waals surface area contributed by atoms with Gasteiger partial charge < -0.3 is 15.4 Å². The topological polar surface area (TPSA) is 58.5 Å². The maximum Gasteiger partial charge on any atom is 0.191 e. The van der Waals surface area contributed by atoms with Crippen molar-refractivity contribution in [1.29, 1.82) is 0 Å². The van der Waals surface area contributed by atoms with Crippen molar-refractivity contribution in [3.8, 4) is 0 Å². The van der Waals surface area contributed by atoms with Crippen LogP contribution in [0.2, 0.25) is 0 Å². The Morgan fingerprint density at radius 2 is 2.04 bits per heavy atom. The molecular formula is C18H32N4OS. The van der Waals surface area contributed by atoms with Crippen molar-refractivity contribution >= 4 is 17.3 Å². The number of hydrogen-bond donors (Lipinski definition) is 2. The molecule has 0 aliphatic heterocycles. The molecule has 1 aromatic rings. The summed E-state index contributed by atoms with van der Waals surface area (Å²) in [5.74, 6) is 0.895. The highest BCUT2D eigenvalue weighted by Crippen LogP contribution is 2.40. The van der Waals surface area contributed by atoms with Gasteiger partial charge in [-0.15, -0.1) is 11.3 Å². The molecule has 24 heavy (non-hydrogen) atoms. The molecule has 2 rings (SSSR count). The van der Waals surface area contributed by atoms with E-state index in [4.69, 9.17) is 9.73 Å². The van der Waals surface area contributed by atoms with Crippen LogP contribution in [0.4, 0.5) is 0 Å². The Labute approximate surface area is 150 Å². The van der Waals surface area contributed by atoms with E-state index in [1.807, 2.05) is 0 Å². The number of guanidine groups is 1.